The van der Waals surface area contributed by atoms with E-state index in [1.54, 1.807) is 0 Å². The summed E-state index contributed by atoms with van der Waals surface area (Å²) in [4.78, 5) is 0. The van der Waals surface area contributed by atoms with Crippen molar-refractivity contribution in [2.24, 2.45) is 5.73 Å². The number of hydrogen-bond donors (Lipinski definition) is 2. The van der Waals surface area contributed by atoms with Gasteiger partial charge in [-0.05, 0) is 19.3 Å². The molecule has 3 N–H and O–H groups in total. The van der Waals surface area contributed by atoms with Crippen LogP contribution < -0.4 is 11.1 Å². The van der Waals surface area contributed by atoms with Crippen LogP contribution in [0.3, 0.4) is 0 Å². The molecule has 2 atom stereocenters. The minimum Gasteiger partial charge on any atom is -0.328 e. The van der Waals surface area contributed by atoms with Gasteiger partial charge in [-0.15, -0.1) is 24.8 Å². The molecular weight excluding hydrogens is 240 g/mol. The third-order valence-corrected chi connectivity index (χ3v) is 2.06. The van der Waals surface area contributed by atoms with Crippen LogP contribution in [0.15, 0.2) is 0 Å². The Morgan fingerprint density at radius 2 is 1.79 bits per heavy atom. The molecule has 0 radical (unpaired) electrons. The average Bonchev–Trinajstić information content (AvgIpc) is 2.30. The van der Waals surface area contributed by atoms with Crippen LogP contribution in [0.4, 0.5) is 13.2 Å². The lowest BCUT2D eigenvalue weighted by molar-refractivity contribution is -0.126. The van der Waals surface area contributed by atoms with E-state index in [0.717, 1.165) is 12.8 Å². The summed E-state index contributed by atoms with van der Waals surface area (Å²) in [5.74, 6) is 0. The number of halogens is 5. The third kappa shape index (κ3) is 6.70. The molecule has 0 aromatic rings. The highest BCUT2D eigenvalue weighted by Crippen LogP contribution is 2.19. The van der Waals surface area contributed by atoms with Crippen LogP contribution in [0.2, 0.25) is 0 Å². The lowest BCUT2D eigenvalue weighted by atomic mass is 10.2. The van der Waals surface area contributed by atoms with Crippen LogP contribution in [0, 0.1) is 0 Å². The largest absolute Gasteiger partial charge is 0.401 e. The van der Waals surface area contributed by atoms with E-state index in [0.29, 0.717) is 6.42 Å². The molecule has 1 rings (SSSR count). The van der Waals surface area contributed by atoms with Crippen molar-refractivity contribution in [2.75, 3.05) is 6.54 Å². The molecule has 0 bridgehead atoms. The van der Waals surface area contributed by atoms with E-state index < -0.39 is 12.7 Å². The Balaban J connectivity index is 0. The summed E-state index contributed by atoms with van der Waals surface area (Å²) >= 11 is 0. The summed E-state index contributed by atoms with van der Waals surface area (Å²) in [5.41, 5.74) is 5.54. The summed E-state index contributed by atoms with van der Waals surface area (Å²) in [6.45, 7) is -0.898. The average molecular weight is 255 g/mol. The maximum Gasteiger partial charge on any atom is 0.401 e. The Morgan fingerprint density at radius 1 is 1.21 bits per heavy atom. The van der Waals surface area contributed by atoms with Crippen LogP contribution in [-0.4, -0.2) is 24.8 Å². The summed E-state index contributed by atoms with van der Waals surface area (Å²) < 4.78 is 35.1. The Bertz CT molecular complexity index is 154. The van der Waals surface area contributed by atoms with Crippen molar-refractivity contribution in [2.45, 2.75) is 37.5 Å². The maximum absolute atomic E-state index is 11.7. The standard InChI is InChI=1S/C7H13F3N2.2ClH/c8-7(9,10)4-12-6-2-1-5(11)3-6;;/h5-6,12H,1-4,11H2;2*1H. The molecule has 1 aliphatic rings. The quantitative estimate of drug-likeness (QED) is 0.790. The molecule has 0 amide bonds. The SMILES string of the molecule is Cl.Cl.NC1CCC(NCC(F)(F)F)C1. The topological polar surface area (TPSA) is 38.0 Å². The molecule has 1 saturated carbocycles. The smallest absolute Gasteiger partial charge is 0.328 e. The molecule has 1 aliphatic carbocycles. The highest BCUT2D eigenvalue weighted by atomic mass is 35.5. The number of rotatable bonds is 2. The molecule has 0 heterocycles. The number of nitrogens with two attached hydrogens (primary N) is 1. The molecule has 0 aromatic heterocycles. The van der Waals surface area contributed by atoms with Crippen molar-refractivity contribution in [1.82, 2.24) is 5.32 Å². The molecule has 88 valence electrons. The van der Waals surface area contributed by atoms with Crippen molar-refractivity contribution in [3.05, 3.63) is 0 Å². The van der Waals surface area contributed by atoms with Gasteiger partial charge in [-0.3, -0.25) is 0 Å². The molecule has 1 fully saturated rings. The number of alkyl halides is 3. The van der Waals surface area contributed by atoms with Gasteiger partial charge < -0.3 is 11.1 Å². The fraction of sp³-hybridized carbons (Fsp3) is 1.00. The fourth-order valence-electron chi connectivity index (χ4n) is 1.46. The normalized spacial score (nSPS) is 26.6. The first-order valence-electron chi connectivity index (χ1n) is 4.03. The molecule has 7 heteroatoms. The minimum atomic E-state index is -4.10. The third-order valence-electron chi connectivity index (χ3n) is 2.06. The van der Waals surface area contributed by atoms with Gasteiger partial charge in [0.05, 0.1) is 6.54 Å². The van der Waals surface area contributed by atoms with Gasteiger partial charge >= 0.3 is 6.18 Å². The molecule has 0 saturated heterocycles. The predicted octanol–water partition coefficient (Wildman–Crippen LogP) is 1.86. The Hall–Kier alpha value is 0.290. The van der Waals surface area contributed by atoms with Crippen molar-refractivity contribution < 1.29 is 13.2 Å². The lowest BCUT2D eigenvalue weighted by Crippen LogP contribution is -2.36. The van der Waals surface area contributed by atoms with Crippen molar-refractivity contribution in [3.8, 4) is 0 Å². The molecule has 2 nitrogen and oxygen atoms in total. The van der Waals surface area contributed by atoms with E-state index in [1.165, 1.54) is 0 Å². The second kappa shape index (κ2) is 6.71. The first-order chi connectivity index (χ1) is 5.47. The van der Waals surface area contributed by atoms with E-state index in [9.17, 15) is 13.2 Å². The minimum absolute atomic E-state index is 0. The maximum atomic E-state index is 11.7. The number of nitrogens with one attached hydrogen (secondary N) is 1. The second-order valence-corrected chi connectivity index (χ2v) is 3.27. The van der Waals surface area contributed by atoms with Gasteiger partial charge in [-0.25, -0.2) is 0 Å². The van der Waals surface area contributed by atoms with E-state index in [1.807, 2.05) is 0 Å². The molecule has 0 aromatic carbocycles. The Morgan fingerprint density at radius 3 is 2.14 bits per heavy atom. The van der Waals surface area contributed by atoms with Crippen molar-refractivity contribution in [3.63, 3.8) is 0 Å². The summed E-state index contributed by atoms with van der Waals surface area (Å²) in [7, 11) is 0. The highest BCUT2D eigenvalue weighted by Gasteiger charge is 2.30. The summed E-state index contributed by atoms with van der Waals surface area (Å²) in [6.07, 6.45) is -1.85. The molecular formula is C7H15Cl2F3N2. The number of hydrogen-bond acceptors (Lipinski definition) is 2. The van der Waals surface area contributed by atoms with E-state index in [4.69, 9.17) is 5.73 Å². The zero-order valence-electron chi connectivity index (χ0n) is 7.51. The van der Waals surface area contributed by atoms with Gasteiger partial charge in [0.15, 0.2) is 0 Å². The summed E-state index contributed by atoms with van der Waals surface area (Å²) in [6, 6.07) is 0.0392. The second-order valence-electron chi connectivity index (χ2n) is 3.27. The molecule has 2 unspecified atom stereocenters. The zero-order valence-corrected chi connectivity index (χ0v) is 9.14. The van der Waals surface area contributed by atoms with E-state index in [2.05, 4.69) is 5.32 Å². The predicted molar refractivity (Wildman–Crippen MR) is 54.2 cm³/mol. The molecule has 0 spiro atoms. The van der Waals surface area contributed by atoms with Crippen LogP contribution in [0.5, 0.6) is 0 Å². The lowest BCUT2D eigenvalue weighted by Gasteiger charge is -2.13. The van der Waals surface area contributed by atoms with Crippen LogP contribution in [0.1, 0.15) is 19.3 Å². The molecule has 0 aliphatic heterocycles. The van der Waals surface area contributed by atoms with E-state index in [-0.39, 0.29) is 36.9 Å². The highest BCUT2D eigenvalue weighted by molar-refractivity contribution is 5.85. The van der Waals surface area contributed by atoms with Gasteiger partial charge in [0.25, 0.3) is 0 Å². The van der Waals surface area contributed by atoms with Gasteiger partial charge in [0.2, 0.25) is 0 Å². The Labute approximate surface area is 93.6 Å². The van der Waals surface area contributed by atoms with Gasteiger partial charge in [0.1, 0.15) is 0 Å². The summed E-state index contributed by atoms with van der Waals surface area (Å²) in [5, 5.41) is 2.45. The van der Waals surface area contributed by atoms with Crippen LogP contribution in [-0.2, 0) is 0 Å². The van der Waals surface area contributed by atoms with Crippen molar-refractivity contribution in [1.29, 1.82) is 0 Å². The van der Waals surface area contributed by atoms with Crippen LogP contribution in [0.25, 0.3) is 0 Å². The van der Waals surface area contributed by atoms with Gasteiger partial charge in [-0.2, -0.15) is 13.2 Å². The van der Waals surface area contributed by atoms with Crippen molar-refractivity contribution >= 4 is 24.8 Å². The molecule has 14 heavy (non-hydrogen) atoms. The van der Waals surface area contributed by atoms with E-state index >= 15 is 0 Å². The first-order valence-corrected chi connectivity index (χ1v) is 4.03. The van der Waals surface area contributed by atoms with Gasteiger partial charge in [0, 0.05) is 12.1 Å². The zero-order chi connectivity index (χ0) is 9.19. The van der Waals surface area contributed by atoms with Gasteiger partial charge in [-0.1, -0.05) is 0 Å². The fourth-order valence-corrected chi connectivity index (χ4v) is 1.46. The van der Waals surface area contributed by atoms with Crippen LogP contribution >= 0.6 is 24.8 Å². The Kier molecular flexibility index (Phi) is 8.01. The first kappa shape index (κ1) is 16.7. The monoisotopic (exact) mass is 254 g/mol.